The fraction of sp³-hybridized carbons (Fsp3) is 0.188. The zero-order valence-corrected chi connectivity index (χ0v) is 12.5. The van der Waals surface area contributed by atoms with Crippen LogP contribution in [0, 0.1) is 6.92 Å². The Morgan fingerprint density at radius 1 is 0.950 bits per heavy atom. The number of benzene rings is 2. The first-order valence-corrected chi connectivity index (χ1v) is 8.10. The van der Waals surface area contributed by atoms with Crippen LogP contribution < -0.4 is 0 Å². The van der Waals surface area contributed by atoms with E-state index in [-0.39, 0.29) is 5.78 Å². The Morgan fingerprint density at radius 2 is 1.50 bits per heavy atom. The predicted octanol–water partition coefficient (Wildman–Crippen LogP) is 3.27. The van der Waals surface area contributed by atoms with Crippen molar-refractivity contribution in [1.82, 2.24) is 0 Å². The summed E-state index contributed by atoms with van der Waals surface area (Å²) in [5.74, 6) is 0.0430. The second-order valence-corrected chi connectivity index (χ2v) is 6.90. The van der Waals surface area contributed by atoms with Gasteiger partial charge < -0.3 is 0 Å². The van der Waals surface area contributed by atoms with Gasteiger partial charge in [0.2, 0.25) is 0 Å². The molecule has 4 heteroatoms. The number of rotatable bonds is 3. The summed E-state index contributed by atoms with van der Waals surface area (Å²) < 4.78 is 22.8. The first-order chi connectivity index (χ1) is 9.29. The summed E-state index contributed by atoms with van der Waals surface area (Å²) in [5, 5.41) is 0. The molecule has 0 saturated carbocycles. The van der Waals surface area contributed by atoms with Crippen LogP contribution in [-0.2, 0) is 9.84 Å². The molecule has 0 N–H and O–H groups in total. The fourth-order valence-corrected chi connectivity index (χ4v) is 2.76. The maximum Gasteiger partial charge on any atom is 0.175 e. The van der Waals surface area contributed by atoms with Crippen LogP contribution in [0.3, 0.4) is 0 Å². The van der Waals surface area contributed by atoms with Crippen LogP contribution in [0.2, 0.25) is 0 Å². The molecule has 0 bridgehead atoms. The number of carbonyl (C=O) groups excluding carboxylic acids is 1. The standard InChI is InChI=1S/C16H16O3S/c1-11-10-14(6-9-16(11)12(2)17)13-4-7-15(8-5-13)20(3,18)19/h4-10H,1-3H3. The molecule has 0 atom stereocenters. The van der Waals surface area contributed by atoms with Gasteiger partial charge in [-0.15, -0.1) is 0 Å². The van der Waals surface area contributed by atoms with E-state index in [1.165, 1.54) is 6.26 Å². The number of ketones is 1. The summed E-state index contributed by atoms with van der Waals surface area (Å²) in [6.45, 7) is 3.44. The number of aryl methyl sites for hydroxylation is 1. The highest BCUT2D eigenvalue weighted by Gasteiger charge is 2.08. The van der Waals surface area contributed by atoms with E-state index in [4.69, 9.17) is 0 Å². The van der Waals surface area contributed by atoms with Gasteiger partial charge in [-0.2, -0.15) is 0 Å². The summed E-state index contributed by atoms with van der Waals surface area (Å²) in [4.78, 5) is 11.7. The molecule has 0 fully saturated rings. The third kappa shape index (κ3) is 2.96. The van der Waals surface area contributed by atoms with E-state index in [1.807, 2.05) is 19.1 Å². The number of hydrogen-bond donors (Lipinski definition) is 0. The predicted molar refractivity (Wildman–Crippen MR) is 79.7 cm³/mol. The van der Waals surface area contributed by atoms with Gasteiger partial charge in [-0.1, -0.05) is 30.3 Å². The van der Waals surface area contributed by atoms with E-state index in [2.05, 4.69) is 0 Å². The molecule has 0 aromatic heterocycles. The summed E-state index contributed by atoms with van der Waals surface area (Å²) in [7, 11) is -3.17. The molecule has 104 valence electrons. The molecule has 0 unspecified atom stereocenters. The van der Waals surface area contributed by atoms with Crippen LogP contribution in [-0.4, -0.2) is 20.5 Å². The van der Waals surface area contributed by atoms with Crippen molar-refractivity contribution in [2.24, 2.45) is 0 Å². The van der Waals surface area contributed by atoms with Crippen LogP contribution in [0.5, 0.6) is 0 Å². The lowest BCUT2D eigenvalue weighted by atomic mass is 9.98. The monoisotopic (exact) mass is 288 g/mol. The Morgan fingerprint density at radius 3 is 1.95 bits per heavy atom. The van der Waals surface area contributed by atoms with Crippen molar-refractivity contribution < 1.29 is 13.2 Å². The highest BCUT2D eigenvalue weighted by atomic mass is 32.2. The molecule has 0 aliphatic rings. The second kappa shape index (κ2) is 5.21. The van der Waals surface area contributed by atoms with Gasteiger partial charge in [-0.05, 0) is 42.7 Å². The molecule has 2 aromatic carbocycles. The quantitative estimate of drug-likeness (QED) is 0.814. The summed E-state index contributed by atoms with van der Waals surface area (Å²) in [6.07, 6.45) is 1.19. The molecular weight excluding hydrogens is 272 g/mol. The Kier molecular flexibility index (Phi) is 3.77. The van der Waals surface area contributed by atoms with Crippen molar-refractivity contribution in [3.8, 4) is 11.1 Å². The number of Topliss-reactive ketones (excluding diaryl/α,β-unsaturated/α-hetero) is 1. The van der Waals surface area contributed by atoms with E-state index >= 15 is 0 Å². The van der Waals surface area contributed by atoms with Crippen LogP contribution in [0.1, 0.15) is 22.8 Å². The van der Waals surface area contributed by atoms with E-state index < -0.39 is 9.84 Å². The third-order valence-electron chi connectivity index (χ3n) is 3.22. The zero-order chi connectivity index (χ0) is 14.9. The Balaban J connectivity index is 2.42. The summed E-state index contributed by atoms with van der Waals surface area (Å²) >= 11 is 0. The van der Waals surface area contributed by atoms with Crippen molar-refractivity contribution in [2.75, 3.05) is 6.26 Å². The Bertz CT molecular complexity index is 757. The highest BCUT2D eigenvalue weighted by Crippen LogP contribution is 2.24. The molecule has 2 rings (SSSR count). The molecule has 20 heavy (non-hydrogen) atoms. The largest absolute Gasteiger partial charge is 0.295 e. The first kappa shape index (κ1) is 14.5. The molecule has 0 saturated heterocycles. The topological polar surface area (TPSA) is 51.2 Å². The molecule has 0 radical (unpaired) electrons. The van der Waals surface area contributed by atoms with Crippen molar-refractivity contribution in [3.05, 3.63) is 53.6 Å². The van der Waals surface area contributed by atoms with Gasteiger partial charge >= 0.3 is 0 Å². The maximum absolute atomic E-state index is 11.4. The normalized spacial score (nSPS) is 11.3. The van der Waals surface area contributed by atoms with E-state index in [0.29, 0.717) is 10.5 Å². The van der Waals surface area contributed by atoms with Gasteiger partial charge in [0.25, 0.3) is 0 Å². The van der Waals surface area contributed by atoms with Gasteiger partial charge in [0.15, 0.2) is 15.6 Å². The Hall–Kier alpha value is -1.94. The SMILES string of the molecule is CC(=O)c1ccc(-c2ccc(S(C)(=O)=O)cc2)cc1C. The maximum atomic E-state index is 11.4. The van der Waals surface area contributed by atoms with Crippen molar-refractivity contribution in [3.63, 3.8) is 0 Å². The van der Waals surface area contributed by atoms with Crippen molar-refractivity contribution in [1.29, 1.82) is 0 Å². The minimum atomic E-state index is -3.17. The molecular formula is C16H16O3S. The average molecular weight is 288 g/mol. The molecule has 0 aliphatic heterocycles. The summed E-state index contributed by atoms with van der Waals surface area (Å²) in [6, 6.07) is 12.4. The molecule has 0 amide bonds. The van der Waals surface area contributed by atoms with Crippen LogP contribution in [0.4, 0.5) is 0 Å². The van der Waals surface area contributed by atoms with Gasteiger partial charge in [0.05, 0.1) is 4.90 Å². The van der Waals surface area contributed by atoms with Crippen LogP contribution in [0.25, 0.3) is 11.1 Å². The number of sulfone groups is 1. The number of carbonyl (C=O) groups is 1. The minimum Gasteiger partial charge on any atom is -0.295 e. The fourth-order valence-electron chi connectivity index (χ4n) is 2.13. The van der Waals surface area contributed by atoms with Gasteiger partial charge in [0, 0.05) is 11.8 Å². The van der Waals surface area contributed by atoms with Crippen molar-refractivity contribution >= 4 is 15.6 Å². The first-order valence-electron chi connectivity index (χ1n) is 6.21. The van der Waals surface area contributed by atoms with Gasteiger partial charge in [-0.3, -0.25) is 4.79 Å². The average Bonchev–Trinajstić information content (AvgIpc) is 2.37. The van der Waals surface area contributed by atoms with E-state index in [1.54, 1.807) is 37.3 Å². The molecule has 0 aliphatic carbocycles. The lowest BCUT2D eigenvalue weighted by molar-refractivity contribution is 0.101. The Labute approximate surface area is 119 Å². The van der Waals surface area contributed by atoms with E-state index in [0.717, 1.165) is 16.7 Å². The molecule has 3 nitrogen and oxygen atoms in total. The van der Waals surface area contributed by atoms with Crippen molar-refractivity contribution in [2.45, 2.75) is 18.7 Å². The lowest BCUT2D eigenvalue weighted by Gasteiger charge is -2.07. The van der Waals surface area contributed by atoms with Gasteiger partial charge in [0.1, 0.15) is 0 Å². The number of hydrogen-bond acceptors (Lipinski definition) is 3. The second-order valence-electron chi connectivity index (χ2n) is 4.88. The van der Waals surface area contributed by atoms with Crippen LogP contribution in [0.15, 0.2) is 47.4 Å². The minimum absolute atomic E-state index is 0.0430. The molecule has 0 heterocycles. The molecule has 2 aromatic rings. The lowest BCUT2D eigenvalue weighted by Crippen LogP contribution is -1.97. The smallest absolute Gasteiger partial charge is 0.175 e. The third-order valence-corrected chi connectivity index (χ3v) is 4.35. The molecule has 0 spiro atoms. The van der Waals surface area contributed by atoms with E-state index in [9.17, 15) is 13.2 Å². The summed E-state index contributed by atoms with van der Waals surface area (Å²) in [5.41, 5.74) is 3.52. The highest BCUT2D eigenvalue weighted by molar-refractivity contribution is 7.90. The zero-order valence-electron chi connectivity index (χ0n) is 11.7. The van der Waals surface area contributed by atoms with Gasteiger partial charge in [-0.25, -0.2) is 8.42 Å². The van der Waals surface area contributed by atoms with Crippen LogP contribution >= 0.6 is 0 Å².